The van der Waals surface area contributed by atoms with Crippen LogP contribution >= 0.6 is 0 Å². The maximum atomic E-state index is 12.2. The van der Waals surface area contributed by atoms with E-state index in [9.17, 15) is 18.0 Å². The van der Waals surface area contributed by atoms with Crippen LogP contribution in [0.1, 0.15) is 36.2 Å². The molecule has 4 N–H and O–H groups in total. The number of carbonyl (C=O) groups is 2. The number of hydrazine groups is 1. The Morgan fingerprint density at radius 2 is 1.52 bits per heavy atom. The van der Waals surface area contributed by atoms with Crippen LogP contribution in [0.25, 0.3) is 0 Å². The minimum absolute atomic E-state index is 0.0185. The lowest BCUT2D eigenvalue weighted by Gasteiger charge is -2.21. The Balaban J connectivity index is 1.82. The number of aryl methyl sites for hydroxylation is 1. The molecule has 0 aliphatic carbocycles. The highest BCUT2D eigenvalue weighted by Gasteiger charge is 2.10. The molecule has 0 aliphatic heterocycles. The van der Waals surface area contributed by atoms with Gasteiger partial charge >= 0.3 is 0 Å². The van der Waals surface area contributed by atoms with Gasteiger partial charge in [-0.2, -0.15) is 0 Å². The summed E-state index contributed by atoms with van der Waals surface area (Å²) in [7, 11) is -3.74. The topological polar surface area (TPSA) is 122 Å². The van der Waals surface area contributed by atoms with Crippen molar-refractivity contribution in [2.75, 3.05) is 18.0 Å². The van der Waals surface area contributed by atoms with Crippen LogP contribution in [0.4, 0.5) is 5.69 Å². The summed E-state index contributed by atoms with van der Waals surface area (Å²) in [6.07, 6.45) is 0.529. The molecule has 2 amide bonds. The van der Waals surface area contributed by atoms with Crippen LogP contribution in [0.15, 0.2) is 53.4 Å². The SMILES string of the molecule is CCN(CC)c1ccc(C(=O)NNC(=O)CCc2ccc(S(N)(=O)=O)cc2)cc1. The number of hydrogen-bond donors (Lipinski definition) is 3. The van der Waals surface area contributed by atoms with E-state index in [0.29, 0.717) is 12.0 Å². The van der Waals surface area contributed by atoms with Crippen molar-refractivity contribution in [3.63, 3.8) is 0 Å². The number of nitrogens with zero attached hydrogens (tertiary/aromatic N) is 1. The molecule has 0 unspecified atom stereocenters. The van der Waals surface area contributed by atoms with Crippen LogP contribution in [0, 0.1) is 0 Å². The first-order chi connectivity index (χ1) is 13.7. The first kappa shape index (κ1) is 22.4. The second-order valence-electron chi connectivity index (χ2n) is 6.41. The van der Waals surface area contributed by atoms with E-state index in [1.807, 2.05) is 12.1 Å². The standard InChI is InChI=1S/C20H26N4O4S/c1-3-24(4-2)17-10-8-16(9-11-17)20(26)23-22-19(25)14-7-15-5-12-18(13-6-15)29(21,27)28/h5-6,8-13H,3-4,7,14H2,1-2H3,(H,22,25)(H,23,26)(H2,21,27,28). The maximum Gasteiger partial charge on any atom is 0.269 e. The zero-order valence-electron chi connectivity index (χ0n) is 16.5. The highest BCUT2D eigenvalue weighted by atomic mass is 32.2. The molecule has 2 aromatic carbocycles. The second-order valence-corrected chi connectivity index (χ2v) is 7.97. The molecular weight excluding hydrogens is 392 g/mol. The Bertz CT molecular complexity index is 937. The summed E-state index contributed by atoms with van der Waals surface area (Å²) in [5.41, 5.74) is 7.03. The van der Waals surface area contributed by atoms with E-state index in [4.69, 9.17) is 5.14 Å². The number of nitrogens with one attached hydrogen (secondary N) is 2. The molecule has 2 aromatic rings. The number of benzene rings is 2. The van der Waals surface area contributed by atoms with Crippen molar-refractivity contribution >= 4 is 27.5 Å². The van der Waals surface area contributed by atoms with E-state index in [0.717, 1.165) is 24.3 Å². The summed E-state index contributed by atoms with van der Waals surface area (Å²) in [5.74, 6) is -0.754. The Hall–Kier alpha value is -2.91. The van der Waals surface area contributed by atoms with E-state index in [-0.39, 0.29) is 17.2 Å². The lowest BCUT2D eigenvalue weighted by Crippen LogP contribution is -2.41. The quantitative estimate of drug-likeness (QED) is 0.562. The molecule has 0 heterocycles. The van der Waals surface area contributed by atoms with Gasteiger partial charge in [-0.3, -0.25) is 20.4 Å². The third-order valence-electron chi connectivity index (χ3n) is 4.47. The van der Waals surface area contributed by atoms with Gasteiger partial charge in [-0.15, -0.1) is 0 Å². The number of amides is 2. The highest BCUT2D eigenvalue weighted by molar-refractivity contribution is 7.89. The Morgan fingerprint density at radius 1 is 0.931 bits per heavy atom. The molecule has 156 valence electrons. The Labute approximate surface area is 171 Å². The zero-order chi connectivity index (χ0) is 21.4. The van der Waals surface area contributed by atoms with Crippen LogP contribution in [0.2, 0.25) is 0 Å². The van der Waals surface area contributed by atoms with Crippen molar-refractivity contribution in [1.29, 1.82) is 0 Å². The maximum absolute atomic E-state index is 12.2. The third-order valence-corrected chi connectivity index (χ3v) is 5.40. The first-order valence-corrected chi connectivity index (χ1v) is 10.8. The lowest BCUT2D eigenvalue weighted by molar-refractivity contribution is -0.121. The van der Waals surface area contributed by atoms with Crippen LogP contribution in [-0.4, -0.2) is 33.3 Å². The number of sulfonamides is 1. The molecule has 0 radical (unpaired) electrons. The minimum Gasteiger partial charge on any atom is -0.372 e. The number of anilines is 1. The van der Waals surface area contributed by atoms with Crippen molar-refractivity contribution in [2.24, 2.45) is 5.14 Å². The van der Waals surface area contributed by atoms with Crippen molar-refractivity contribution < 1.29 is 18.0 Å². The van der Waals surface area contributed by atoms with E-state index in [1.165, 1.54) is 12.1 Å². The molecule has 0 aliphatic rings. The predicted octanol–water partition coefficient (Wildman–Crippen LogP) is 1.57. The van der Waals surface area contributed by atoms with Gasteiger partial charge in [0, 0.05) is 30.8 Å². The summed E-state index contributed by atoms with van der Waals surface area (Å²) in [5, 5.41) is 5.05. The minimum atomic E-state index is -3.74. The summed E-state index contributed by atoms with van der Waals surface area (Å²) >= 11 is 0. The Kier molecular flexibility index (Phi) is 7.74. The molecular formula is C20H26N4O4S. The molecule has 8 nitrogen and oxygen atoms in total. The van der Waals surface area contributed by atoms with Gasteiger partial charge in [0.05, 0.1) is 4.90 Å². The number of rotatable bonds is 8. The number of carbonyl (C=O) groups excluding carboxylic acids is 2. The number of hydrogen-bond acceptors (Lipinski definition) is 5. The fourth-order valence-corrected chi connectivity index (χ4v) is 3.29. The molecule has 0 saturated carbocycles. The van der Waals surface area contributed by atoms with Crippen molar-refractivity contribution in [1.82, 2.24) is 10.9 Å². The molecule has 9 heteroatoms. The summed E-state index contributed by atoms with van der Waals surface area (Å²) in [6.45, 7) is 5.88. The fraction of sp³-hybridized carbons (Fsp3) is 0.300. The number of nitrogens with two attached hydrogens (primary N) is 1. The van der Waals surface area contributed by atoms with Gasteiger partial charge in [-0.1, -0.05) is 12.1 Å². The van der Waals surface area contributed by atoms with Gasteiger partial charge in [0.25, 0.3) is 5.91 Å². The molecule has 0 atom stereocenters. The van der Waals surface area contributed by atoms with Crippen molar-refractivity contribution in [3.05, 3.63) is 59.7 Å². The van der Waals surface area contributed by atoms with Crippen molar-refractivity contribution in [2.45, 2.75) is 31.6 Å². The summed E-state index contributed by atoms with van der Waals surface area (Å²) in [6, 6.07) is 13.2. The zero-order valence-corrected chi connectivity index (χ0v) is 17.3. The molecule has 0 bridgehead atoms. The van der Waals surface area contributed by atoms with Crippen molar-refractivity contribution in [3.8, 4) is 0 Å². The van der Waals surface area contributed by atoms with Crippen LogP contribution in [-0.2, 0) is 21.2 Å². The monoisotopic (exact) mass is 418 g/mol. The average Bonchev–Trinajstić information content (AvgIpc) is 2.71. The lowest BCUT2D eigenvalue weighted by atomic mass is 10.1. The van der Waals surface area contributed by atoms with Gasteiger partial charge in [0.15, 0.2) is 0 Å². The third kappa shape index (κ3) is 6.58. The van der Waals surface area contributed by atoms with Crippen LogP contribution in [0.5, 0.6) is 0 Å². The van der Waals surface area contributed by atoms with Gasteiger partial charge < -0.3 is 4.90 Å². The number of primary sulfonamides is 1. The molecule has 0 saturated heterocycles. The average molecular weight is 419 g/mol. The molecule has 0 aromatic heterocycles. The molecule has 29 heavy (non-hydrogen) atoms. The second kappa shape index (κ2) is 10.0. The van der Waals surface area contributed by atoms with Gasteiger partial charge in [0.1, 0.15) is 0 Å². The van der Waals surface area contributed by atoms with E-state index >= 15 is 0 Å². The van der Waals surface area contributed by atoms with Crippen LogP contribution < -0.4 is 20.9 Å². The van der Waals surface area contributed by atoms with Crippen LogP contribution in [0.3, 0.4) is 0 Å². The van der Waals surface area contributed by atoms with E-state index in [2.05, 4.69) is 29.6 Å². The van der Waals surface area contributed by atoms with Gasteiger partial charge in [-0.05, 0) is 62.2 Å². The predicted molar refractivity (Wildman–Crippen MR) is 112 cm³/mol. The summed E-state index contributed by atoms with van der Waals surface area (Å²) in [4.78, 5) is 26.3. The largest absolute Gasteiger partial charge is 0.372 e. The fourth-order valence-electron chi connectivity index (χ4n) is 2.78. The smallest absolute Gasteiger partial charge is 0.269 e. The Morgan fingerprint density at radius 3 is 2.03 bits per heavy atom. The first-order valence-electron chi connectivity index (χ1n) is 9.30. The highest BCUT2D eigenvalue weighted by Crippen LogP contribution is 2.15. The normalized spacial score (nSPS) is 11.0. The van der Waals surface area contributed by atoms with E-state index < -0.39 is 15.9 Å². The van der Waals surface area contributed by atoms with E-state index in [1.54, 1.807) is 24.3 Å². The molecule has 0 spiro atoms. The van der Waals surface area contributed by atoms with Gasteiger partial charge in [0.2, 0.25) is 15.9 Å². The van der Waals surface area contributed by atoms with Gasteiger partial charge in [-0.25, -0.2) is 13.6 Å². The molecule has 0 fully saturated rings. The molecule has 2 rings (SSSR count). The summed E-state index contributed by atoms with van der Waals surface area (Å²) < 4.78 is 22.5.